The number of anilines is 2. The fraction of sp³-hybridized carbons (Fsp3) is 0.452. The molecule has 0 aliphatic rings. The Bertz CT molecular complexity index is 1130. The standard InChI is InChI=1S/C21H31Cl2N3O.C9H14N2.CH2O2/c1-16(25-20(27)24-5)8-6-12-26(13-7-11-21(2,3)4)15-17-9-10-18(22)19(23)14-17;1-6-4-8(10)9(11-3)5-7(6)2;2-1-3/h9-10,14H,1,5-8,11-13,15H2,2-4H3,(H,25,27);4-5,11H,10H2,1-3H3;1H,(H,2,3). The molecule has 2 aromatic carbocycles. The van der Waals surface area contributed by atoms with Gasteiger partial charge in [0.15, 0.2) is 0 Å². The number of carbonyl (C=O) groups is 2. The molecule has 10 heteroatoms. The molecule has 0 saturated heterocycles. The van der Waals surface area contributed by atoms with Crippen molar-refractivity contribution in [2.24, 2.45) is 10.4 Å². The van der Waals surface area contributed by atoms with E-state index in [1.807, 2.05) is 31.3 Å². The molecular weight excluding hydrogens is 561 g/mol. The van der Waals surface area contributed by atoms with Crippen molar-refractivity contribution in [3.63, 3.8) is 0 Å². The number of halogens is 2. The van der Waals surface area contributed by atoms with Crippen LogP contribution in [-0.2, 0) is 11.3 Å². The van der Waals surface area contributed by atoms with E-state index in [0.29, 0.717) is 27.6 Å². The maximum atomic E-state index is 11.2. The predicted molar refractivity (Wildman–Crippen MR) is 175 cm³/mol. The van der Waals surface area contributed by atoms with Gasteiger partial charge in [0.25, 0.3) is 6.47 Å². The molecule has 0 atom stereocenters. The average molecular weight is 609 g/mol. The predicted octanol–water partition coefficient (Wildman–Crippen LogP) is 7.95. The van der Waals surface area contributed by atoms with Gasteiger partial charge >= 0.3 is 6.03 Å². The first kappa shape index (κ1) is 37.9. The molecular formula is C31H47Cl2N5O3. The van der Waals surface area contributed by atoms with Crippen molar-refractivity contribution in [2.75, 3.05) is 31.2 Å². The zero-order valence-electron chi connectivity index (χ0n) is 25.3. The summed E-state index contributed by atoms with van der Waals surface area (Å²) in [5.74, 6) is 0. The number of nitrogens with one attached hydrogen (secondary N) is 2. The Morgan fingerprint density at radius 3 is 2.22 bits per heavy atom. The number of carboxylic acid groups (broad SMARTS) is 1. The fourth-order valence-electron chi connectivity index (χ4n) is 3.82. The number of nitrogens with zero attached hydrogens (tertiary/aromatic N) is 2. The lowest BCUT2D eigenvalue weighted by atomic mass is 9.90. The summed E-state index contributed by atoms with van der Waals surface area (Å²) < 4.78 is 0. The summed E-state index contributed by atoms with van der Waals surface area (Å²) in [7, 11) is 1.88. The highest BCUT2D eigenvalue weighted by Crippen LogP contribution is 2.25. The number of allylic oxidation sites excluding steroid dienone is 1. The second-order valence-corrected chi connectivity index (χ2v) is 11.7. The van der Waals surface area contributed by atoms with E-state index in [1.165, 1.54) is 17.5 Å². The number of benzene rings is 2. The molecule has 0 heterocycles. The monoisotopic (exact) mass is 607 g/mol. The molecule has 0 saturated carbocycles. The van der Waals surface area contributed by atoms with Crippen LogP contribution in [0, 0.1) is 19.3 Å². The number of hydrogen-bond acceptors (Lipinski definition) is 5. The Kier molecular flexibility index (Phi) is 18.4. The summed E-state index contributed by atoms with van der Waals surface area (Å²) in [5.41, 5.74) is 12.2. The number of aryl methyl sites for hydroxylation is 2. The molecule has 0 spiro atoms. The number of carbonyl (C=O) groups excluding carboxylic acids is 1. The largest absolute Gasteiger partial charge is 0.483 e. The molecule has 0 aliphatic carbocycles. The number of rotatable bonds is 11. The van der Waals surface area contributed by atoms with E-state index in [-0.39, 0.29) is 6.47 Å². The van der Waals surface area contributed by atoms with Crippen LogP contribution < -0.4 is 16.4 Å². The van der Waals surface area contributed by atoms with Crippen LogP contribution in [0.4, 0.5) is 16.2 Å². The normalized spacial score (nSPS) is 10.5. The van der Waals surface area contributed by atoms with Gasteiger partial charge in [-0.05, 0) is 106 Å². The number of nitrogen functional groups attached to an aromatic ring is 1. The second-order valence-electron chi connectivity index (χ2n) is 10.9. The molecule has 0 aliphatic heterocycles. The van der Waals surface area contributed by atoms with E-state index in [2.05, 4.69) is 74.5 Å². The van der Waals surface area contributed by atoms with Crippen molar-refractivity contribution in [1.29, 1.82) is 0 Å². The minimum atomic E-state index is -0.460. The Balaban J connectivity index is 0.000000939. The van der Waals surface area contributed by atoms with Crippen LogP contribution in [0.2, 0.25) is 10.0 Å². The first-order valence-corrected chi connectivity index (χ1v) is 14.2. The molecule has 5 N–H and O–H groups in total. The highest BCUT2D eigenvalue weighted by Gasteiger charge is 2.13. The van der Waals surface area contributed by atoms with E-state index < -0.39 is 6.03 Å². The SMILES string of the molecule is C=NC(=O)NC(=C)CCCN(CCCC(C)(C)C)Cc1ccc(Cl)c(Cl)c1.CNc1cc(C)c(C)cc1N.O=CO. The molecule has 228 valence electrons. The van der Waals surface area contributed by atoms with Gasteiger partial charge in [0.1, 0.15) is 0 Å². The van der Waals surface area contributed by atoms with E-state index in [9.17, 15) is 4.79 Å². The van der Waals surface area contributed by atoms with Gasteiger partial charge in [-0.2, -0.15) is 0 Å². The summed E-state index contributed by atoms with van der Waals surface area (Å²) in [6, 6.07) is 9.37. The third-order valence-corrected chi connectivity index (χ3v) is 6.85. The first-order valence-electron chi connectivity index (χ1n) is 13.4. The summed E-state index contributed by atoms with van der Waals surface area (Å²) in [5, 5.41) is 13.7. The Morgan fingerprint density at radius 2 is 1.68 bits per heavy atom. The molecule has 0 unspecified atom stereocenters. The van der Waals surface area contributed by atoms with Crippen molar-refractivity contribution >= 4 is 53.8 Å². The zero-order valence-corrected chi connectivity index (χ0v) is 26.8. The molecule has 8 nitrogen and oxygen atoms in total. The van der Waals surface area contributed by atoms with Crippen molar-refractivity contribution in [3.8, 4) is 0 Å². The van der Waals surface area contributed by atoms with E-state index in [0.717, 1.165) is 49.4 Å². The van der Waals surface area contributed by atoms with Gasteiger partial charge < -0.3 is 21.5 Å². The lowest BCUT2D eigenvalue weighted by Crippen LogP contribution is -2.27. The van der Waals surface area contributed by atoms with Gasteiger partial charge in [-0.15, -0.1) is 0 Å². The summed E-state index contributed by atoms with van der Waals surface area (Å²) in [4.78, 5) is 25.3. The molecule has 0 radical (unpaired) electrons. The van der Waals surface area contributed by atoms with Gasteiger partial charge in [-0.25, -0.2) is 9.79 Å². The minimum absolute atomic E-state index is 0.250. The van der Waals surface area contributed by atoms with Crippen LogP contribution >= 0.6 is 23.2 Å². The Labute approximate surface area is 256 Å². The molecule has 2 rings (SSSR count). The van der Waals surface area contributed by atoms with Gasteiger partial charge in [-0.1, -0.05) is 56.6 Å². The fourth-order valence-corrected chi connectivity index (χ4v) is 4.14. The summed E-state index contributed by atoms with van der Waals surface area (Å²) >= 11 is 12.2. The Hall–Kier alpha value is -3.07. The van der Waals surface area contributed by atoms with Gasteiger partial charge in [-0.3, -0.25) is 9.69 Å². The van der Waals surface area contributed by atoms with Crippen LogP contribution in [0.5, 0.6) is 0 Å². The quantitative estimate of drug-likeness (QED) is 0.117. The van der Waals surface area contributed by atoms with Crippen molar-refractivity contribution in [1.82, 2.24) is 10.2 Å². The van der Waals surface area contributed by atoms with Crippen LogP contribution in [0.15, 0.2) is 47.6 Å². The minimum Gasteiger partial charge on any atom is -0.483 e. The lowest BCUT2D eigenvalue weighted by Gasteiger charge is -2.25. The van der Waals surface area contributed by atoms with E-state index in [1.54, 1.807) is 0 Å². The number of amides is 2. The summed E-state index contributed by atoms with van der Waals surface area (Å²) in [6.07, 6.45) is 3.90. The van der Waals surface area contributed by atoms with Crippen molar-refractivity contribution in [2.45, 2.75) is 66.8 Å². The molecule has 0 fully saturated rings. The Morgan fingerprint density at radius 1 is 1.10 bits per heavy atom. The third kappa shape index (κ3) is 17.4. The third-order valence-electron chi connectivity index (χ3n) is 6.11. The number of hydrogen-bond donors (Lipinski definition) is 4. The molecule has 41 heavy (non-hydrogen) atoms. The van der Waals surface area contributed by atoms with E-state index >= 15 is 0 Å². The van der Waals surface area contributed by atoms with Gasteiger partial charge in [0, 0.05) is 19.3 Å². The smallest absolute Gasteiger partial charge is 0.344 e. The molecule has 2 amide bonds. The van der Waals surface area contributed by atoms with Gasteiger partial charge in [0.2, 0.25) is 0 Å². The number of aliphatic imine (C=N–C) groups is 1. The molecule has 2 aromatic rings. The van der Waals surface area contributed by atoms with Gasteiger partial charge in [0.05, 0.1) is 21.4 Å². The number of urea groups is 1. The average Bonchev–Trinajstić information content (AvgIpc) is 2.88. The van der Waals surface area contributed by atoms with Crippen LogP contribution in [0.25, 0.3) is 0 Å². The van der Waals surface area contributed by atoms with Crippen molar-refractivity contribution in [3.05, 3.63) is 69.3 Å². The highest BCUT2D eigenvalue weighted by atomic mass is 35.5. The number of nitrogens with two attached hydrogens (primary N) is 1. The molecule has 0 bridgehead atoms. The van der Waals surface area contributed by atoms with Crippen molar-refractivity contribution < 1.29 is 14.7 Å². The zero-order chi connectivity index (χ0) is 31.6. The van der Waals surface area contributed by atoms with E-state index in [4.69, 9.17) is 38.8 Å². The van der Waals surface area contributed by atoms with Crippen LogP contribution in [0.1, 0.15) is 63.1 Å². The molecule has 0 aromatic heterocycles. The maximum Gasteiger partial charge on any atom is 0.344 e. The van der Waals surface area contributed by atoms with Crippen LogP contribution in [-0.4, -0.2) is 49.4 Å². The topological polar surface area (TPSA) is 120 Å². The lowest BCUT2D eigenvalue weighted by molar-refractivity contribution is -0.122. The first-order chi connectivity index (χ1) is 19.2. The second kappa shape index (κ2) is 19.9. The van der Waals surface area contributed by atoms with Crippen LogP contribution in [0.3, 0.4) is 0 Å². The highest BCUT2D eigenvalue weighted by molar-refractivity contribution is 6.42. The summed E-state index contributed by atoms with van der Waals surface area (Å²) in [6.45, 7) is 20.5. The maximum absolute atomic E-state index is 11.2.